The number of rotatable bonds is 1. The van der Waals surface area contributed by atoms with Crippen molar-refractivity contribution >= 4 is 22.9 Å². The van der Waals surface area contributed by atoms with E-state index in [1.807, 2.05) is 23.6 Å². The summed E-state index contributed by atoms with van der Waals surface area (Å²) in [6, 6.07) is 8.01. The van der Waals surface area contributed by atoms with Crippen LogP contribution >= 0.6 is 11.3 Å². The molecule has 94 valence electrons. The summed E-state index contributed by atoms with van der Waals surface area (Å²) >= 11 is 1.35. The highest BCUT2D eigenvalue weighted by Crippen LogP contribution is 2.31. The molecule has 5 heteroatoms. The molecule has 0 fully saturated rings. The minimum Gasteiger partial charge on any atom is -0.315 e. The first-order valence-corrected chi connectivity index (χ1v) is 6.82. The molecule has 0 bridgehead atoms. The van der Waals surface area contributed by atoms with Crippen LogP contribution in [-0.2, 0) is 11.2 Å². The zero-order valence-corrected chi connectivity index (χ0v) is 11.2. The Balaban J connectivity index is 2.02. The molecular formula is C14H11N3OS. The topological polar surface area (TPSA) is 57.0 Å². The first kappa shape index (κ1) is 11.9. The highest BCUT2D eigenvalue weighted by Gasteiger charge is 2.21. The van der Waals surface area contributed by atoms with E-state index in [-0.39, 0.29) is 5.91 Å². The number of fused-ring (bicyclic) bond motifs is 1. The lowest BCUT2D eigenvalue weighted by Gasteiger charge is -2.25. The molecule has 0 saturated heterocycles. The SMILES string of the molecule is CN1C(=O)CCc2cc(-c3csc(C#N)n3)ccc21. The van der Waals surface area contributed by atoms with Crippen molar-refractivity contribution in [3.05, 3.63) is 34.2 Å². The number of thiazole rings is 1. The molecule has 1 aromatic carbocycles. The summed E-state index contributed by atoms with van der Waals surface area (Å²) in [6.07, 6.45) is 1.31. The molecule has 19 heavy (non-hydrogen) atoms. The maximum atomic E-state index is 11.6. The minimum absolute atomic E-state index is 0.153. The van der Waals surface area contributed by atoms with E-state index in [2.05, 4.69) is 11.1 Å². The summed E-state index contributed by atoms with van der Waals surface area (Å²) in [7, 11) is 1.80. The Morgan fingerprint density at radius 2 is 2.26 bits per heavy atom. The second kappa shape index (κ2) is 4.48. The number of benzene rings is 1. The molecule has 0 aliphatic carbocycles. The summed E-state index contributed by atoms with van der Waals surface area (Å²) < 4.78 is 0. The molecule has 4 nitrogen and oxygen atoms in total. The number of carbonyl (C=O) groups is 1. The molecule has 3 rings (SSSR count). The van der Waals surface area contributed by atoms with Crippen molar-refractivity contribution in [3.63, 3.8) is 0 Å². The van der Waals surface area contributed by atoms with Gasteiger partial charge >= 0.3 is 0 Å². The second-order valence-corrected chi connectivity index (χ2v) is 5.30. The van der Waals surface area contributed by atoms with Gasteiger partial charge in [0.2, 0.25) is 5.91 Å². The Labute approximate surface area is 114 Å². The van der Waals surface area contributed by atoms with Crippen LogP contribution in [0.5, 0.6) is 0 Å². The number of nitriles is 1. The number of amides is 1. The highest BCUT2D eigenvalue weighted by atomic mass is 32.1. The van der Waals surface area contributed by atoms with E-state index in [1.165, 1.54) is 11.3 Å². The normalized spacial score (nSPS) is 14.1. The Kier molecular flexibility index (Phi) is 2.80. The third-order valence-electron chi connectivity index (χ3n) is 3.32. The van der Waals surface area contributed by atoms with E-state index in [0.717, 1.165) is 28.9 Å². The van der Waals surface area contributed by atoms with Crippen molar-refractivity contribution in [2.45, 2.75) is 12.8 Å². The fourth-order valence-electron chi connectivity index (χ4n) is 2.27. The molecule has 2 aromatic rings. The monoisotopic (exact) mass is 269 g/mol. The average Bonchev–Trinajstić information content (AvgIpc) is 2.91. The summed E-state index contributed by atoms with van der Waals surface area (Å²) in [5.74, 6) is 0.153. The van der Waals surface area contributed by atoms with Crippen molar-refractivity contribution in [3.8, 4) is 17.3 Å². The third kappa shape index (κ3) is 2.00. The number of aryl methyl sites for hydroxylation is 1. The Morgan fingerprint density at radius 3 is 3.00 bits per heavy atom. The maximum Gasteiger partial charge on any atom is 0.227 e. The van der Waals surface area contributed by atoms with E-state index in [1.54, 1.807) is 11.9 Å². The van der Waals surface area contributed by atoms with Crippen molar-refractivity contribution in [2.75, 3.05) is 11.9 Å². The summed E-state index contributed by atoms with van der Waals surface area (Å²) in [6.45, 7) is 0. The number of carbonyl (C=O) groups excluding carboxylic acids is 1. The van der Waals surface area contributed by atoms with Crippen molar-refractivity contribution in [1.29, 1.82) is 5.26 Å². The first-order chi connectivity index (χ1) is 9.19. The third-order valence-corrected chi connectivity index (χ3v) is 4.07. The van der Waals surface area contributed by atoms with E-state index >= 15 is 0 Å². The van der Waals surface area contributed by atoms with Gasteiger partial charge in [-0.15, -0.1) is 11.3 Å². The number of aromatic nitrogens is 1. The number of nitrogens with zero attached hydrogens (tertiary/aromatic N) is 3. The molecule has 0 radical (unpaired) electrons. The molecule has 0 atom stereocenters. The van der Waals surface area contributed by atoms with Crippen LogP contribution in [0.15, 0.2) is 23.6 Å². The summed E-state index contributed by atoms with van der Waals surface area (Å²) in [5.41, 5.74) is 3.95. The zero-order chi connectivity index (χ0) is 13.4. The maximum absolute atomic E-state index is 11.6. The lowest BCUT2D eigenvalue weighted by Crippen LogP contribution is -2.30. The van der Waals surface area contributed by atoms with E-state index in [9.17, 15) is 4.79 Å². The van der Waals surface area contributed by atoms with Crippen molar-refractivity contribution in [2.24, 2.45) is 0 Å². The minimum atomic E-state index is 0.153. The molecule has 0 spiro atoms. The molecular weight excluding hydrogens is 258 g/mol. The molecule has 1 aliphatic heterocycles. The van der Waals surface area contributed by atoms with E-state index in [4.69, 9.17) is 5.26 Å². The van der Waals surface area contributed by atoms with Gasteiger partial charge < -0.3 is 4.90 Å². The second-order valence-electron chi connectivity index (χ2n) is 4.45. The van der Waals surface area contributed by atoms with Crippen LogP contribution in [-0.4, -0.2) is 17.9 Å². The molecule has 2 heterocycles. The molecule has 1 aliphatic rings. The van der Waals surface area contributed by atoms with Gasteiger partial charge in [-0.1, -0.05) is 6.07 Å². The molecule has 0 saturated carbocycles. The van der Waals surface area contributed by atoms with Crippen LogP contribution in [0.3, 0.4) is 0 Å². The van der Waals surface area contributed by atoms with Crippen LogP contribution < -0.4 is 4.90 Å². The largest absolute Gasteiger partial charge is 0.315 e. The van der Waals surface area contributed by atoms with Crippen molar-refractivity contribution < 1.29 is 4.79 Å². The van der Waals surface area contributed by atoms with Crippen LogP contribution in [0.1, 0.15) is 17.0 Å². The van der Waals surface area contributed by atoms with Crippen LogP contribution in [0.2, 0.25) is 0 Å². The number of anilines is 1. The molecule has 1 aromatic heterocycles. The quantitative estimate of drug-likeness (QED) is 0.799. The highest BCUT2D eigenvalue weighted by molar-refractivity contribution is 7.10. The zero-order valence-electron chi connectivity index (χ0n) is 10.4. The standard InChI is InChI=1S/C14H11N3OS/c1-17-12-4-2-9(6-10(12)3-5-14(17)18)11-8-19-13(7-15)16-11/h2,4,6,8H,3,5H2,1H3. The van der Waals surface area contributed by atoms with E-state index < -0.39 is 0 Å². The van der Waals surface area contributed by atoms with Gasteiger partial charge in [-0.3, -0.25) is 4.79 Å². The van der Waals surface area contributed by atoms with Crippen LogP contribution in [0.25, 0.3) is 11.3 Å². The molecule has 1 amide bonds. The lowest BCUT2D eigenvalue weighted by atomic mass is 9.98. The van der Waals surface area contributed by atoms with Crippen LogP contribution in [0.4, 0.5) is 5.69 Å². The summed E-state index contributed by atoms with van der Waals surface area (Å²) in [5, 5.41) is 11.2. The van der Waals surface area contributed by atoms with Gasteiger partial charge in [0, 0.05) is 30.1 Å². The fourth-order valence-corrected chi connectivity index (χ4v) is 2.89. The van der Waals surface area contributed by atoms with Gasteiger partial charge in [-0.25, -0.2) is 4.98 Å². The van der Waals surface area contributed by atoms with Gasteiger partial charge in [0.05, 0.1) is 5.69 Å². The Hall–Kier alpha value is -2.19. The predicted molar refractivity (Wildman–Crippen MR) is 74.0 cm³/mol. The van der Waals surface area contributed by atoms with E-state index in [0.29, 0.717) is 11.4 Å². The van der Waals surface area contributed by atoms with Crippen LogP contribution in [0, 0.1) is 11.3 Å². The number of hydrogen-bond acceptors (Lipinski definition) is 4. The van der Waals surface area contributed by atoms with Gasteiger partial charge in [-0.05, 0) is 24.1 Å². The first-order valence-electron chi connectivity index (χ1n) is 5.94. The molecule has 0 N–H and O–H groups in total. The van der Waals surface area contributed by atoms with Gasteiger partial charge in [0.25, 0.3) is 0 Å². The van der Waals surface area contributed by atoms with Gasteiger partial charge in [0.1, 0.15) is 6.07 Å². The Morgan fingerprint density at radius 1 is 1.42 bits per heavy atom. The molecule has 0 unspecified atom stereocenters. The fraction of sp³-hybridized carbons (Fsp3) is 0.214. The lowest BCUT2D eigenvalue weighted by molar-refractivity contribution is -0.118. The van der Waals surface area contributed by atoms with Crippen molar-refractivity contribution in [1.82, 2.24) is 4.98 Å². The Bertz CT molecular complexity index is 699. The smallest absolute Gasteiger partial charge is 0.227 e. The summed E-state index contributed by atoms with van der Waals surface area (Å²) in [4.78, 5) is 17.6. The predicted octanol–water partition coefficient (Wildman–Crippen LogP) is 2.59. The van der Waals surface area contributed by atoms with Gasteiger partial charge in [-0.2, -0.15) is 5.26 Å². The van der Waals surface area contributed by atoms with Gasteiger partial charge in [0.15, 0.2) is 5.01 Å². The average molecular weight is 269 g/mol. The number of hydrogen-bond donors (Lipinski definition) is 0.